The van der Waals surface area contributed by atoms with E-state index in [9.17, 15) is 0 Å². The standard InChI is InChI=1S/C15H24N4/c1-10(2)12(8-16)9-17-13-5-6-15-14(7-13)18-11(3)19(15)4/h5-7,10,12,17H,8-9,16H2,1-4H3. The van der Waals surface area contributed by atoms with Crippen LogP contribution in [0.5, 0.6) is 0 Å². The molecule has 0 spiro atoms. The molecule has 1 heterocycles. The highest BCUT2D eigenvalue weighted by Crippen LogP contribution is 2.20. The van der Waals surface area contributed by atoms with E-state index >= 15 is 0 Å². The van der Waals surface area contributed by atoms with Crippen LogP contribution in [-0.2, 0) is 7.05 Å². The number of nitrogens with two attached hydrogens (primary N) is 1. The van der Waals surface area contributed by atoms with Crippen LogP contribution < -0.4 is 11.1 Å². The topological polar surface area (TPSA) is 55.9 Å². The van der Waals surface area contributed by atoms with Gasteiger partial charge in [-0.25, -0.2) is 4.98 Å². The molecular formula is C15H24N4. The average molecular weight is 260 g/mol. The van der Waals surface area contributed by atoms with Crippen LogP contribution in [0.1, 0.15) is 19.7 Å². The summed E-state index contributed by atoms with van der Waals surface area (Å²) < 4.78 is 2.11. The first-order valence-electron chi connectivity index (χ1n) is 6.90. The second-order valence-electron chi connectivity index (χ2n) is 5.54. The molecule has 4 nitrogen and oxygen atoms in total. The molecular weight excluding hydrogens is 236 g/mol. The van der Waals surface area contributed by atoms with Crippen molar-refractivity contribution in [3.05, 3.63) is 24.0 Å². The van der Waals surface area contributed by atoms with Gasteiger partial charge in [-0.3, -0.25) is 0 Å². The van der Waals surface area contributed by atoms with Gasteiger partial charge in [0.2, 0.25) is 0 Å². The van der Waals surface area contributed by atoms with Crippen LogP contribution in [0, 0.1) is 18.8 Å². The largest absolute Gasteiger partial charge is 0.385 e. The van der Waals surface area contributed by atoms with Crippen molar-refractivity contribution in [1.82, 2.24) is 9.55 Å². The Morgan fingerprint density at radius 1 is 1.37 bits per heavy atom. The number of aryl methyl sites for hydroxylation is 2. The zero-order chi connectivity index (χ0) is 14.0. The van der Waals surface area contributed by atoms with E-state index in [1.165, 1.54) is 5.52 Å². The first-order chi connectivity index (χ1) is 9.02. The highest BCUT2D eigenvalue weighted by molar-refractivity contribution is 5.80. The van der Waals surface area contributed by atoms with Crippen LogP contribution >= 0.6 is 0 Å². The second-order valence-corrected chi connectivity index (χ2v) is 5.54. The highest BCUT2D eigenvalue weighted by atomic mass is 15.0. The molecule has 0 aliphatic carbocycles. The number of hydrogen-bond donors (Lipinski definition) is 2. The van der Waals surface area contributed by atoms with E-state index in [2.05, 4.69) is 46.9 Å². The third-order valence-corrected chi connectivity index (χ3v) is 3.92. The first kappa shape index (κ1) is 13.9. The van der Waals surface area contributed by atoms with Crippen molar-refractivity contribution < 1.29 is 0 Å². The molecule has 0 radical (unpaired) electrons. The number of rotatable bonds is 5. The predicted molar refractivity (Wildman–Crippen MR) is 81.3 cm³/mol. The van der Waals surface area contributed by atoms with Gasteiger partial charge in [0, 0.05) is 19.3 Å². The minimum Gasteiger partial charge on any atom is -0.385 e. The fourth-order valence-electron chi connectivity index (χ4n) is 2.27. The van der Waals surface area contributed by atoms with Crippen molar-refractivity contribution in [3.8, 4) is 0 Å². The molecule has 0 amide bonds. The minimum atomic E-state index is 0.501. The Balaban J connectivity index is 2.13. The molecule has 0 saturated heterocycles. The average Bonchev–Trinajstić information content (AvgIpc) is 2.65. The molecule has 1 atom stereocenters. The maximum atomic E-state index is 5.80. The summed E-state index contributed by atoms with van der Waals surface area (Å²) in [7, 11) is 2.04. The summed E-state index contributed by atoms with van der Waals surface area (Å²) in [6.07, 6.45) is 0. The zero-order valence-corrected chi connectivity index (χ0v) is 12.3. The Morgan fingerprint density at radius 3 is 2.74 bits per heavy atom. The van der Waals surface area contributed by atoms with Crippen LogP contribution in [0.2, 0.25) is 0 Å². The summed E-state index contributed by atoms with van der Waals surface area (Å²) >= 11 is 0. The van der Waals surface area contributed by atoms with E-state index in [-0.39, 0.29) is 0 Å². The lowest BCUT2D eigenvalue weighted by Crippen LogP contribution is -2.27. The van der Waals surface area contributed by atoms with Gasteiger partial charge in [0.25, 0.3) is 0 Å². The molecule has 0 bridgehead atoms. The summed E-state index contributed by atoms with van der Waals surface area (Å²) in [6, 6.07) is 6.33. The number of nitrogens with zero attached hydrogens (tertiary/aromatic N) is 2. The maximum absolute atomic E-state index is 5.80. The van der Waals surface area contributed by atoms with Crippen LogP contribution in [0.3, 0.4) is 0 Å². The van der Waals surface area contributed by atoms with Gasteiger partial charge in [-0.15, -0.1) is 0 Å². The number of imidazole rings is 1. The Kier molecular flexibility index (Phi) is 4.10. The van der Waals surface area contributed by atoms with Gasteiger partial charge in [0.15, 0.2) is 0 Å². The van der Waals surface area contributed by atoms with Gasteiger partial charge >= 0.3 is 0 Å². The highest BCUT2D eigenvalue weighted by Gasteiger charge is 2.11. The van der Waals surface area contributed by atoms with Gasteiger partial charge < -0.3 is 15.6 Å². The molecule has 19 heavy (non-hydrogen) atoms. The van der Waals surface area contributed by atoms with Gasteiger partial charge in [0.1, 0.15) is 5.82 Å². The molecule has 104 valence electrons. The molecule has 0 aliphatic rings. The number of hydrogen-bond acceptors (Lipinski definition) is 3. The molecule has 2 rings (SSSR count). The summed E-state index contributed by atoms with van der Waals surface area (Å²) in [4.78, 5) is 4.55. The second kappa shape index (κ2) is 5.61. The Morgan fingerprint density at radius 2 is 2.11 bits per heavy atom. The minimum absolute atomic E-state index is 0.501. The lowest BCUT2D eigenvalue weighted by molar-refractivity contribution is 0.413. The van der Waals surface area contributed by atoms with Crippen LogP contribution in [0.4, 0.5) is 5.69 Å². The Labute approximate surface area is 115 Å². The third kappa shape index (κ3) is 2.89. The number of anilines is 1. The van der Waals surface area contributed by atoms with E-state index in [4.69, 9.17) is 5.73 Å². The zero-order valence-electron chi connectivity index (χ0n) is 12.3. The number of fused-ring (bicyclic) bond motifs is 1. The van der Waals surface area contributed by atoms with Gasteiger partial charge in [-0.1, -0.05) is 13.8 Å². The Hall–Kier alpha value is -1.55. The van der Waals surface area contributed by atoms with Crippen molar-refractivity contribution in [2.24, 2.45) is 24.6 Å². The van der Waals surface area contributed by atoms with Crippen molar-refractivity contribution in [3.63, 3.8) is 0 Å². The van der Waals surface area contributed by atoms with E-state index in [0.717, 1.165) is 30.1 Å². The number of benzene rings is 1. The van der Waals surface area contributed by atoms with Gasteiger partial charge in [-0.05, 0) is 43.5 Å². The molecule has 4 heteroatoms. The lowest BCUT2D eigenvalue weighted by atomic mass is 9.96. The number of nitrogens with one attached hydrogen (secondary N) is 1. The molecule has 3 N–H and O–H groups in total. The monoisotopic (exact) mass is 260 g/mol. The van der Waals surface area contributed by atoms with E-state index in [0.29, 0.717) is 11.8 Å². The molecule has 0 fully saturated rings. The van der Waals surface area contributed by atoms with Crippen LogP contribution in [0.25, 0.3) is 11.0 Å². The quantitative estimate of drug-likeness (QED) is 0.868. The summed E-state index contributed by atoms with van der Waals surface area (Å²) in [5, 5.41) is 3.47. The molecule has 1 aromatic heterocycles. The maximum Gasteiger partial charge on any atom is 0.106 e. The Bertz CT molecular complexity index is 557. The molecule has 2 aromatic rings. The van der Waals surface area contributed by atoms with Crippen LogP contribution in [0.15, 0.2) is 18.2 Å². The van der Waals surface area contributed by atoms with E-state index < -0.39 is 0 Å². The predicted octanol–water partition coefficient (Wildman–Crippen LogP) is 2.52. The third-order valence-electron chi connectivity index (χ3n) is 3.92. The van der Waals surface area contributed by atoms with Gasteiger partial charge in [-0.2, -0.15) is 0 Å². The fourth-order valence-corrected chi connectivity index (χ4v) is 2.27. The summed E-state index contributed by atoms with van der Waals surface area (Å²) in [5.41, 5.74) is 9.12. The first-order valence-corrected chi connectivity index (χ1v) is 6.90. The van der Waals surface area contributed by atoms with E-state index in [1.807, 2.05) is 14.0 Å². The molecule has 1 aromatic carbocycles. The fraction of sp³-hybridized carbons (Fsp3) is 0.533. The summed E-state index contributed by atoms with van der Waals surface area (Å²) in [5.74, 6) is 2.13. The number of aromatic nitrogens is 2. The molecule has 1 unspecified atom stereocenters. The smallest absolute Gasteiger partial charge is 0.106 e. The summed E-state index contributed by atoms with van der Waals surface area (Å²) in [6.45, 7) is 8.08. The van der Waals surface area contributed by atoms with Crippen molar-refractivity contribution in [2.75, 3.05) is 18.4 Å². The normalized spacial score (nSPS) is 13.2. The van der Waals surface area contributed by atoms with Crippen molar-refractivity contribution in [1.29, 1.82) is 0 Å². The van der Waals surface area contributed by atoms with Crippen LogP contribution in [-0.4, -0.2) is 22.6 Å². The molecule has 0 saturated carbocycles. The van der Waals surface area contributed by atoms with Crippen molar-refractivity contribution in [2.45, 2.75) is 20.8 Å². The van der Waals surface area contributed by atoms with E-state index in [1.54, 1.807) is 0 Å². The van der Waals surface area contributed by atoms with Gasteiger partial charge in [0.05, 0.1) is 11.0 Å². The molecule has 0 aliphatic heterocycles. The SMILES string of the molecule is Cc1nc2cc(NCC(CN)C(C)C)ccc2n1C. The lowest BCUT2D eigenvalue weighted by Gasteiger charge is -2.19. The van der Waals surface area contributed by atoms with Crippen molar-refractivity contribution >= 4 is 16.7 Å².